The van der Waals surface area contributed by atoms with Gasteiger partial charge in [0.05, 0.1) is 13.1 Å². The third-order valence-electron chi connectivity index (χ3n) is 4.02. The van der Waals surface area contributed by atoms with Gasteiger partial charge < -0.3 is 10.0 Å². The van der Waals surface area contributed by atoms with Crippen LogP contribution in [0.1, 0.15) is 34.3 Å². The summed E-state index contributed by atoms with van der Waals surface area (Å²) in [5.41, 5.74) is 2.37. The monoisotopic (exact) mass is 245 g/mol. The van der Waals surface area contributed by atoms with Gasteiger partial charge in [0.1, 0.15) is 5.60 Å². The Bertz CT molecular complexity index is 479. The lowest BCUT2D eigenvalue weighted by atomic mass is 9.88. The van der Waals surface area contributed by atoms with Crippen molar-refractivity contribution >= 4 is 5.91 Å². The Labute approximate surface area is 107 Å². The molecule has 1 aromatic carbocycles. The van der Waals surface area contributed by atoms with Crippen LogP contribution in [-0.4, -0.2) is 34.6 Å². The molecule has 0 unspecified atom stereocenters. The Hall–Kier alpha value is -1.35. The molecule has 1 heterocycles. The van der Waals surface area contributed by atoms with Gasteiger partial charge in [0.15, 0.2) is 0 Å². The maximum atomic E-state index is 12.3. The molecule has 0 spiro atoms. The Kier molecular flexibility index (Phi) is 2.49. The molecule has 1 aliphatic carbocycles. The number of carbonyl (C=O) groups is 1. The third kappa shape index (κ3) is 1.93. The van der Waals surface area contributed by atoms with Crippen molar-refractivity contribution in [1.29, 1.82) is 0 Å². The van der Waals surface area contributed by atoms with E-state index in [2.05, 4.69) is 6.07 Å². The number of aliphatic hydroxyl groups is 1. The van der Waals surface area contributed by atoms with Gasteiger partial charge in [-0.1, -0.05) is 17.2 Å². The highest BCUT2D eigenvalue weighted by molar-refractivity contribution is 5.95. The van der Waals surface area contributed by atoms with Crippen LogP contribution in [0, 0.1) is 19.8 Å². The quantitative estimate of drug-likeness (QED) is 0.864. The van der Waals surface area contributed by atoms with E-state index in [1.807, 2.05) is 26.0 Å². The molecule has 3 rings (SSSR count). The number of β-amino-alcohol motifs (C(OH)–C–C–N with tert-alkyl or cyclic N) is 1. The Morgan fingerprint density at radius 3 is 2.28 bits per heavy atom. The fourth-order valence-electron chi connectivity index (χ4n) is 2.92. The maximum Gasteiger partial charge on any atom is 0.254 e. The van der Waals surface area contributed by atoms with E-state index in [1.54, 1.807) is 4.90 Å². The van der Waals surface area contributed by atoms with Crippen LogP contribution in [0.5, 0.6) is 0 Å². The van der Waals surface area contributed by atoms with Gasteiger partial charge in [-0.25, -0.2) is 0 Å². The van der Waals surface area contributed by atoms with E-state index < -0.39 is 5.60 Å². The van der Waals surface area contributed by atoms with Gasteiger partial charge in [0.25, 0.3) is 5.91 Å². The zero-order chi connectivity index (χ0) is 12.9. The Morgan fingerprint density at radius 2 is 1.78 bits per heavy atom. The van der Waals surface area contributed by atoms with Crippen molar-refractivity contribution in [2.45, 2.75) is 32.3 Å². The van der Waals surface area contributed by atoms with Gasteiger partial charge in [-0.15, -0.1) is 0 Å². The predicted octanol–water partition coefficient (Wildman–Crippen LogP) is 1.90. The van der Waals surface area contributed by atoms with Gasteiger partial charge in [-0.05, 0) is 44.7 Å². The summed E-state index contributed by atoms with van der Waals surface area (Å²) in [5.74, 6) is 0.480. The molecule has 1 amide bonds. The van der Waals surface area contributed by atoms with Crippen LogP contribution in [0.25, 0.3) is 0 Å². The fraction of sp³-hybridized carbons (Fsp3) is 0.533. The third-order valence-corrected chi connectivity index (χ3v) is 4.02. The molecule has 0 radical (unpaired) electrons. The van der Waals surface area contributed by atoms with E-state index in [0.717, 1.165) is 29.5 Å². The van der Waals surface area contributed by atoms with E-state index in [9.17, 15) is 9.90 Å². The number of aryl methyl sites for hydroxylation is 2. The minimum atomic E-state index is -0.589. The molecule has 3 nitrogen and oxygen atoms in total. The average Bonchev–Trinajstić information content (AvgIpc) is 3.06. The van der Waals surface area contributed by atoms with Crippen molar-refractivity contribution in [2.24, 2.45) is 5.92 Å². The second-order valence-electron chi connectivity index (χ2n) is 5.92. The van der Waals surface area contributed by atoms with Crippen LogP contribution in [-0.2, 0) is 0 Å². The summed E-state index contributed by atoms with van der Waals surface area (Å²) in [5, 5.41) is 10.2. The van der Waals surface area contributed by atoms with E-state index >= 15 is 0 Å². The van der Waals surface area contributed by atoms with Crippen LogP contribution < -0.4 is 0 Å². The summed E-state index contributed by atoms with van der Waals surface area (Å²) in [4.78, 5) is 14.0. The van der Waals surface area contributed by atoms with Crippen LogP contribution in [0.15, 0.2) is 18.2 Å². The molecular weight excluding hydrogens is 226 g/mol. The molecular formula is C15H19NO2. The van der Waals surface area contributed by atoms with Gasteiger partial charge in [-0.2, -0.15) is 0 Å². The topological polar surface area (TPSA) is 40.5 Å². The van der Waals surface area contributed by atoms with Gasteiger partial charge >= 0.3 is 0 Å². The standard InChI is InChI=1S/C15H19NO2/c1-10-5-11(2)7-12(6-10)14(17)16-8-15(18,9-16)13-3-4-13/h5-7,13,18H,3-4,8-9H2,1-2H3. The molecule has 1 saturated carbocycles. The van der Waals surface area contributed by atoms with E-state index in [4.69, 9.17) is 0 Å². The number of amides is 1. The molecule has 1 N–H and O–H groups in total. The lowest BCUT2D eigenvalue weighted by Crippen LogP contribution is -2.64. The normalized spacial score (nSPS) is 21.6. The molecule has 96 valence electrons. The first-order valence-corrected chi connectivity index (χ1v) is 6.58. The second-order valence-corrected chi connectivity index (χ2v) is 5.92. The number of hydrogen-bond acceptors (Lipinski definition) is 2. The fourth-order valence-corrected chi connectivity index (χ4v) is 2.92. The highest BCUT2D eigenvalue weighted by atomic mass is 16.3. The first-order chi connectivity index (χ1) is 8.48. The van der Waals surface area contributed by atoms with Gasteiger partial charge in [0.2, 0.25) is 0 Å². The van der Waals surface area contributed by atoms with E-state index in [1.165, 1.54) is 0 Å². The predicted molar refractivity (Wildman–Crippen MR) is 69.5 cm³/mol. The zero-order valence-electron chi connectivity index (χ0n) is 10.9. The molecule has 0 atom stereocenters. The molecule has 1 aromatic rings. The van der Waals surface area contributed by atoms with Crippen LogP contribution in [0.2, 0.25) is 0 Å². The molecule has 3 heteroatoms. The van der Waals surface area contributed by atoms with E-state index in [-0.39, 0.29) is 5.91 Å². The maximum absolute atomic E-state index is 12.3. The van der Waals surface area contributed by atoms with Gasteiger partial charge in [0, 0.05) is 5.56 Å². The molecule has 0 bridgehead atoms. The van der Waals surface area contributed by atoms with Crippen molar-refractivity contribution in [2.75, 3.05) is 13.1 Å². The zero-order valence-corrected chi connectivity index (χ0v) is 10.9. The molecule has 18 heavy (non-hydrogen) atoms. The number of benzene rings is 1. The lowest BCUT2D eigenvalue weighted by Gasteiger charge is -2.47. The molecule has 1 aliphatic heterocycles. The highest BCUT2D eigenvalue weighted by Crippen LogP contribution is 2.44. The van der Waals surface area contributed by atoms with E-state index in [0.29, 0.717) is 19.0 Å². The molecule has 2 aliphatic rings. The lowest BCUT2D eigenvalue weighted by molar-refractivity contribution is -0.0958. The molecule has 0 aromatic heterocycles. The Balaban J connectivity index is 1.72. The average molecular weight is 245 g/mol. The van der Waals surface area contributed by atoms with Crippen molar-refractivity contribution in [3.8, 4) is 0 Å². The molecule has 1 saturated heterocycles. The largest absolute Gasteiger partial charge is 0.386 e. The van der Waals surface area contributed by atoms with Crippen LogP contribution in [0.4, 0.5) is 0 Å². The molecule has 2 fully saturated rings. The van der Waals surface area contributed by atoms with Crippen molar-refractivity contribution in [1.82, 2.24) is 4.90 Å². The number of likely N-dealkylation sites (tertiary alicyclic amines) is 1. The van der Waals surface area contributed by atoms with Crippen LogP contribution in [0.3, 0.4) is 0 Å². The van der Waals surface area contributed by atoms with Gasteiger partial charge in [-0.3, -0.25) is 4.79 Å². The second kappa shape index (κ2) is 3.82. The summed E-state index contributed by atoms with van der Waals surface area (Å²) in [7, 11) is 0. The summed E-state index contributed by atoms with van der Waals surface area (Å²) in [6.45, 7) is 5.01. The SMILES string of the molecule is Cc1cc(C)cc(C(=O)N2CC(O)(C3CC3)C2)c1. The minimum Gasteiger partial charge on any atom is -0.386 e. The number of carbonyl (C=O) groups excluding carboxylic acids is 1. The van der Waals surface area contributed by atoms with Crippen molar-refractivity contribution in [3.63, 3.8) is 0 Å². The first-order valence-electron chi connectivity index (χ1n) is 6.58. The summed E-state index contributed by atoms with van der Waals surface area (Å²) in [6, 6.07) is 5.90. The number of rotatable bonds is 2. The van der Waals surface area contributed by atoms with Crippen molar-refractivity contribution in [3.05, 3.63) is 34.9 Å². The van der Waals surface area contributed by atoms with Crippen molar-refractivity contribution < 1.29 is 9.90 Å². The number of hydrogen-bond donors (Lipinski definition) is 1. The number of nitrogens with zero attached hydrogens (tertiary/aromatic N) is 1. The minimum absolute atomic E-state index is 0.0483. The Morgan fingerprint density at radius 1 is 1.22 bits per heavy atom. The smallest absolute Gasteiger partial charge is 0.254 e. The highest BCUT2D eigenvalue weighted by Gasteiger charge is 2.53. The first kappa shape index (κ1) is 11.7. The van der Waals surface area contributed by atoms with Crippen LogP contribution >= 0.6 is 0 Å². The summed E-state index contributed by atoms with van der Waals surface area (Å²) in [6.07, 6.45) is 2.23. The summed E-state index contributed by atoms with van der Waals surface area (Å²) < 4.78 is 0. The summed E-state index contributed by atoms with van der Waals surface area (Å²) >= 11 is 0.